The van der Waals surface area contributed by atoms with Crippen molar-refractivity contribution in [2.45, 2.75) is 25.6 Å². The molecule has 0 bridgehead atoms. The van der Waals surface area contributed by atoms with Crippen LogP contribution in [0.15, 0.2) is 24.3 Å². The molecule has 7 nitrogen and oxygen atoms in total. The molecule has 9 heteroatoms. The van der Waals surface area contributed by atoms with Crippen LogP contribution in [-0.2, 0) is 14.3 Å². The number of carbonyl (C=O) groups excluding carboxylic acids is 2. The van der Waals surface area contributed by atoms with Crippen LogP contribution in [0.4, 0.5) is 8.78 Å². The van der Waals surface area contributed by atoms with Crippen molar-refractivity contribution in [1.29, 1.82) is 0 Å². The largest absolute Gasteiger partial charge is 0.493 e. The molecule has 2 fully saturated rings. The monoisotopic (exact) mass is 410 g/mol. The molecule has 2 saturated heterocycles. The number of ether oxygens (including phenoxy) is 3. The Bertz CT molecular complexity index is 757. The quantitative estimate of drug-likeness (QED) is 0.673. The Morgan fingerprint density at radius 2 is 1.90 bits per heavy atom. The topological polar surface area (TPSA) is 68.3 Å². The van der Waals surface area contributed by atoms with E-state index in [9.17, 15) is 18.4 Å². The molecule has 2 aliphatic heterocycles. The van der Waals surface area contributed by atoms with Crippen LogP contribution in [-0.4, -0.2) is 74.2 Å². The predicted octanol–water partition coefficient (Wildman–Crippen LogP) is 2.16. The van der Waals surface area contributed by atoms with Crippen molar-refractivity contribution in [2.24, 2.45) is 0 Å². The molecule has 3 rings (SSSR count). The zero-order valence-electron chi connectivity index (χ0n) is 16.2. The lowest BCUT2D eigenvalue weighted by molar-refractivity contribution is -0.144. The van der Waals surface area contributed by atoms with Crippen LogP contribution in [0.5, 0.6) is 11.5 Å². The number of carbonyl (C=O) groups is 2. The Morgan fingerprint density at radius 3 is 2.52 bits per heavy atom. The second-order valence-corrected chi connectivity index (χ2v) is 6.77. The lowest BCUT2D eigenvalue weighted by Crippen LogP contribution is -2.52. The van der Waals surface area contributed by atoms with Gasteiger partial charge in [0.15, 0.2) is 11.5 Å². The standard InChI is InChI=1S/C20H24F2N2O5/c1-27-17-13-14(4-6-15(17)29-20(21)22)5-7-18(25)23-8-10-24(11-9-23)19(26)16-3-2-12-28-16/h4-7,13,16,20H,2-3,8-12H2,1H3/b7-5+/t16-/m0/s1. The fourth-order valence-corrected chi connectivity index (χ4v) is 3.38. The van der Waals surface area contributed by atoms with Crippen molar-refractivity contribution in [2.75, 3.05) is 39.9 Å². The number of alkyl halides is 2. The molecule has 2 heterocycles. The summed E-state index contributed by atoms with van der Waals surface area (Å²) in [5.41, 5.74) is 0.615. The second kappa shape index (κ2) is 9.69. The molecule has 29 heavy (non-hydrogen) atoms. The number of halogens is 2. The third-order valence-electron chi connectivity index (χ3n) is 4.93. The van der Waals surface area contributed by atoms with Gasteiger partial charge in [0.1, 0.15) is 6.10 Å². The van der Waals surface area contributed by atoms with Crippen molar-refractivity contribution in [3.8, 4) is 11.5 Å². The summed E-state index contributed by atoms with van der Waals surface area (Å²) in [6, 6.07) is 4.44. The minimum atomic E-state index is -2.95. The summed E-state index contributed by atoms with van der Waals surface area (Å²) in [4.78, 5) is 28.2. The van der Waals surface area contributed by atoms with E-state index in [1.165, 1.54) is 25.3 Å². The van der Waals surface area contributed by atoms with E-state index in [1.54, 1.807) is 21.9 Å². The molecule has 0 aromatic heterocycles. The van der Waals surface area contributed by atoms with Gasteiger partial charge in [-0.05, 0) is 36.6 Å². The number of amides is 2. The molecule has 158 valence electrons. The summed E-state index contributed by atoms with van der Waals surface area (Å²) < 4.78 is 39.6. The third kappa shape index (κ3) is 5.44. The van der Waals surface area contributed by atoms with E-state index in [4.69, 9.17) is 9.47 Å². The highest BCUT2D eigenvalue weighted by Crippen LogP contribution is 2.29. The smallest absolute Gasteiger partial charge is 0.387 e. The van der Waals surface area contributed by atoms with Crippen molar-refractivity contribution < 1.29 is 32.6 Å². The van der Waals surface area contributed by atoms with E-state index in [2.05, 4.69) is 4.74 Å². The third-order valence-corrected chi connectivity index (χ3v) is 4.93. The van der Waals surface area contributed by atoms with Gasteiger partial charge in [0.05, 0.1) is 7.11 Å². The van der Waals surface area contributed by atoms with Gasteiger partial charge in [-0.1, -0.05) is 6.07 Å². The first-order valence-electron chi connectivity index (χ1n) is 9.48. The van der Waals surface area contributed by atoms with E-state index >= 15 is 0 Å². The zero-order valence-corrected chi connectivity index (χ0v) is 16.2. The maximum absolute atomic E-state index is 12.4. The molecular formula is C20H24F2N2O5. The highest BCUT2D eigenvalue weighted by Gasteiger charge is 2.30. The minimum Gasteiger partial charge on any atom is -0.493 e. The first-order chi connectivity index (χ1) is 14.0. The molecule has 2 amide bonds. The average Bonchev–Trinajstić information content (AvgIpc) is 3.27. The first kappa shape index (κ1) is 21.0. The van der Waals surface area contributed by atoms with E-state index in [0.29, 0.717) is 38.3 Å². The summed E-state index contributed by atoms with van der Waals surface area (Å²) in [5.74, 6) is -0.0939. The Hall–Kier alpha value is -2.68. The summed E-state index contributed by atoms with van der Waals surface area (Å²) in [5, 5.41) is 0. The normalized spacial score (nSPS) is 19.8. The second-order valence-electron chi connectivity index (χ2n) is 6.77. The molecule has 0 N–H and O–H groups in total. The van der Waals surface area contributed by atoms with E-state index < -0.39 is 6.61 Å². The zero-order chi connectivity index (χ0) is 20.8. The molecular weight excluding hydrogens is 386 g/mol. The number of hydrogen-bond donors (Lipinski definition) is 0. The Kier molecular flexibility index (Phi) is 7.03. The molecule has 1 aromatic carbocycles. The van der Waals surface area contributed by atoms with E-state index in [-0.39, 0.29) is 29.4 Å². The maximum atomic E-state index is 12.4. The lowest BCUT2D eigenvalue weighted by atomic mass is 10.1. The Morgan fingerprint density at radius 1 is 1.17 bits per heavy atom. The molecule has 0 radical (unpaired) electrons. The van der Waals surface area contributed by atoms with Crippen LogP contribution in [0, 0.1) is 0 Å². The van der Waals surface area contributed by atoms with Gasteiger partial charge in [-0.15, -0.1) is 0 Å². The first-order valence-corrected chi connectivity index (χ1v) is 9.48. The van der Waals surface area contributed by atoms with Gasteiger partial charge in [-0.25, -0.2) is 0 Å². The number of methoxy groups -OCH3 is 1. The Balaban J connectivity index is 1.54. The summed E-state index contributed by atoms with van der Waals surface area (Å²) >= 11 is 0. The van der Waals surface area contributed by atoms with Gasteiger partial charge >= 0.3 is 6.61 Å². The number of benzene rings is 1. The Labute approximate surface area is 167 Å². The summed E-state index contributed by atoms with van der Waals surface area (Å²) in [6.45, 7) is -0.465. The average molecular weight is 410 g/mol. The van der Waals surface area contributed by atoms with Gasteiger partial charge < -0.3 is 24.0 Å². The molecule has 0 spiro atoms. The number of hydrogen-bond acceptors (Lipinski definition) is 5. The molecule has 0 unspecified atom stereocenters. The van der Waals surface area contributed by atoms with Crippen LogP contribution in [0.1, 0.15) is 18.4 Å². The van der Waals surface area contributed by atoms with Crippen LogP contribution in [0.3, 0.4) is 0 Å². The number of rotatable bonds is 6. The van der Waals surface area contributed by atoms with E-state index in [1.807, 2.05) is 0 Å². The van der Waals surface area contributed by atoms with Crippen molar-refractivity contribution in [1.82, 2.24) is 9.80 Å². The molecule has 1 atom stereocenters. The van der Waals surface area contributed by atoms with Crippen LogP contribution >= 0.6 is 0 Å². The fourth-order valence-electron chi connectivity index (χ4n) is 3.38. The molecule has 1 aromatic rings. The molecule has 2 aliphatic rings. The number of piperazine rings is 1. The van der Waals surface area contributed by atoms with Gasteiger partial charge in [0.25, 0.3) is 5.91 Å². The maximum Gasteiger partial charge on any atom is 0.387 e. The van der Waals surface area contributed by atoms with Crippen molar-refractivity contribution >= 4 is 17.9 Å². The lowest BCUT2D eigenvalue weighted by Gasteiger charge is -2.35. The van der Waals surface area contributed by atoms with Crippen LogP contribution in [0.25, 0.3) is 6.08 Å². The highest BCUT2D eigenvalue weighted by atomic mass is 19.3. The van der Waals surface area contributed by atoms with Crippen LogP contribution in [0.2, 0.25) is 0 Å². The SMILES string of the molecule is COc1cc(/C=C/C(=O)N2CCN(C(=O)[C@@H]3CCCO3)CC2)ccc1OC(F)F. The van der Waals surface area contributed by atoms with Crippen molar-refractivity contribution in [3.05, 3.63) is 29.8 Å². The molecule has 0 aliphatic carbocycles. The molecule has 0 saturated carbocycles. The van der Waals surface area contributed by atoms with Gasteiger partial charge in [0.2, 0.25) is 5.91 Å². The van der Waals surface area contributed by atoms with Gasteiger partial charge in [0, 0.05) is 38.9 Å². The summed E-state index contributed by atoms with van der Waals surface area (Å²) in [7, 11) is 1.35. The van der Waals surface area contributed by atoms with Gasteiger partial charge in [-0.2, -0.15) is 8.78 Å². The van der Waals surface area contributed by atoms with Crippen LogP contribution < -0.4 is 9.47 Å². The predicted molar refractivity (Wildman–Crippen MR) is 101 cm³/mol. The summed E-state index contributed by atoms with van der Waals surface area (Å²) in [6.07, 6.45) is 4.32. The number of nitrogens with zero attached hydrogens (tertiary/aromatic N) is 2. The van der Waals surface area contributed by atoms with Crippen molar-refractivity contribution in [3.63, 3.8) is 0 Å². The van der Waals surface area contributed by atoms with Gasteiger partial charge in [-0.3, -0.25) is 9.59 Å². The fraction of sp³-hybridized carbons (Fsp3) is 0.500. The van der Waals surface area contributed by atoms with E-state index in [0.717, 1.165) is 12.8 Å². The highest BCUT2D eigenvalue weighted by molar-refractivity contribution is 5.92. The minimum absolute atomic E-state index is 0.00309.